The lowest BCUT2D eigenvalue weighted by Crippen LogP contribution is -2.64. The minimum Gasteiger partial charge on any atom is -0.394 e. The summed E-state index contributed by atoms with van der Waals surface area (Å²) in [7, 11) is 0. The molecule has 20 N–H and O–H groups in total. The van der Waals surface area contributed by atoms with Crippen molar-refractivity contribution >= 4 is 65.0 Å². The number of ether oxygens (including phenoxy) is 11. The van der Waals surface area contributed by atoms with Crippen LogP contribution in [0.2, 0.25) is 0 Å². The van der Waals surface area contributed by atoms with E-state index in [2.05, 4.69) is 53.2 Å². The molecule has 0 aromatic carbocycles. The van der Waals surface area contributed by atoms with Gasteiger partial charge in [0.2, 0.25) is 65.0 Å². The van der Waals surface area contributed by atoms with E-state index >= 15 is 0 Å². The van der Waals surface area contributed by atoms with Gasteiger partial charge in [0, 0.05) is 144 Å². The summed E-state index contributed by atoms with van der Waals surface area (Å²) in [6.45, 7) is 9.24. The summed E-state index contributed by atoms with van der Waals surface area (Å²) in [6, 6.07) is -3.49. The summed E-state index contributed by atoms with van der Waals surface area (Å²) in [5, 5.41) is 129. The van der Waals surface area contributed by atoms with E-state index in [1.807, 2.05) is 20.8 Å². The second-order valence-electron chi connectivity index (χ2n) is 33.1. The molecule has 125 heavy (non-hydrogen) atoms. The van der Waals surface area contributed by atoms with Gasteiger partial charge in [0.1, 0.15) is 91.5 Å². The van der Waals surface area contributed by atoms with Crippen LogP contribution < -0.4 is 53.2 Å². The van der Waals surface area contributed by atoms with Crippen LogP contribution in [-0.4, -0.2) is 374 Å². The maximum absolute atomic E-state index is 13.7. The van der Waals surface area contributed by atoms with Gasteiger partial charge in [0.15, 0.2) is 18.9 Å². The van der Waals surface area contributed by atoms with Crippen molar-refractivity contribution in [3.63, 3.8) is 0 Å². The number of β-amino-alcohol motifs (C(OH)–C–C–N with tert-alkyl or cyclic N) is 1. The summed E-state index contributed by atoms with van der Waals surface area (Å²) >= 11 is 0. The number of amides is 11. The van der Waals surface area contributed by atoms with Crippen molar-refractivity contribution in [2.24, 2.45) is 0 Å². The zero-order chi connectivity index (χ0) is 91.8. The van der Waals surface area contributed by atoms with Crippen molar-refractivity contribution in [3.05, 3.63) is 0 Å². The minimum atomic E-state index is -1.47. The number of nitrogens with one attached hydrogen (secondary N) is 10. The molecule has 5 rings (SSSR count). The average Bonchev–Trinajstić information content (AvgIpc) is 1.63. The first-order chi connectivity index (χ1) is 59.7. The van der Waals surface area contributed by atoms with Crippen LogP contribution in [-0.2, 0) is 105 Å². The van der Waals surface area contributed by atoms with Crippen molar-refractivity contribution in [3.8, 4) is 0 Å². The molecule has 5 aliphatic heterocycles. The number of unbranched alkanes of at least 4 members (excludes halogenated alkanes) is 8. The van der Waals surface area contributed by atoms with Crippen molar-refractivity contribution < 1.29 is 156 Å². The van der Waals surface area contributed by atoms with Gasteiger partial charge in [-0.05, 0) is 97.8 Å². The fraction of sp³-hybridized carbons (Fsp3) is 0.866. The van der Waals surface area contributed by atoms with E-state index in [0.717, 1.165) is 25.7 Å². The van der Waals surface area contributed by atoms with E-state index in [4.69, 9.17) is 52.1 Å². The molecule has 0 aliphatic carbocycles. The standard InChI is InChI=1S/C82H145N11O32/c1-50(97)89-69-75(112)72(109)56(45-94)123-79(69)118-36-16-13-22-60(101)83-30-19-33-86-63(104)27-39-115-49-59-78(117-41-29-65(106)88-35-21-32-85-62(103)24-15-18-38-120-81-71(91-52(3)99)77(114)74(111)58(47-96)125-81)55(43-67(122-59)92-66(107)25-11-9-7-8-10-12-26-68(108)93-44-54(100)42-53(93)48-121-82(4,5)6)116-40-28-64(105)87-34-20-31-84-61(102)23-14-17-37-119-80-70(90-51(2)98)76(113)73(110)57(46-95)124-80/h53-59,67,69-81,94-96,100,109-114H,7-49H2,1-6H3,(H,83,101)(H,84,102)(H,85,103)(H,86,104)(H,87,105)(H,88,106)(H,89,97)(H,90,98)(H,91,99)(H,92,107)/t53-,54+,55+,56+,57+,58+,59+,67+,69+,70+,71+,72-,73-,74-,75+,76+,77+,78-,79+,80+,81+/m0/s1. The normalized spacial score (nSPS) is 27.5. The number of rotatable bonds is 61. The molecule has 0 spiro atoms. The highest BCUT2D eigenvalue weighted by Crippen LogP contribution is 2.30. The fourth-order valence-corrected chi connectivity index (χ4v) is 14.6. The molecular weight excluding hydrogens is 1650 g/mol. The third kappa shape index (κ3) is 42.6. The van der Waals surface area contributed by atoms with Crippen LogP contribution >= 0.6 is 0 Å². The van der Waals surface area contributed by atoms with Gasteiger partial charge in [-0.2, -0.15) is 0 Å². The molecule has 0 unspecified atom stereocenters. The second kappa shape index (κ2) is 60.3. The minimum absolute atomic E-state index is 0.0171. The first kappa shape index (κ1) is 109. The van der Waals surface area contributed by atoms with Crippen molar-refractivity contribution in [1.82, 2.24) is 58.1 Å². The van der Waals surface area contributed by atoms with Gasteiger partial charge in [0.05, 0.1) is 76.7 Å². The smallest absolute Gasteiger partial charge is 0.222 e. The Kier molecular flexibility index (Phi) is 52.5. The summed E-state index contributed by atoms with van der Waals surface area (Å²) in [5.74, 6) is -3.73. The predicted octanol–water partition coefficient (Wildman–Crippen LogP) is -4.67. The Morgan fingerprint density at radius 2 is 0.712 bits per heavy atom. The topological polar surface area (TPSA) is 615 Å². The van der Waals surface area contributed by atoms with Crippen LogP contribution in [0.1, 0.15) is 202 Å². The molecule has 21 atom stereocenters. The summed E-state index contributed by atoms with van der Waals surface area (Å²) in [4.78, 5) is 142. The number of hydrogen-bond donors (Lipinski definition) is 20. The lowest BCUT2D eigenvalue weighted by Gasteiger charge is -2.42. The van der Waals surface area contributed by atoms with Gasteiger partial charge in [-0.3, -0.25) is 52.7 Å². The number of likely N-dealkylation sites (tertiary alicyclic amines) is 1. The molecule has 11 amide bonds. The van der Waals surface area contributed by atoms with Gasteiger partial charge in [-0.25, -0.2) is 0 Å². The maximum Gasteiger partial charge on any atom is 0.222 e. The average molecular weight is 1800 g/mol. The molecule has 0 bridgehead atoms. The molecule has 43 nitrogen and oxygen atoms in total. The highest BCUT2D eigenvalue weighted by molar-refractivity contribution is 5.79. The molecule has 5 fully saturated rings. The van der Waals surface area contributed by atoms with E-state index < -0.39 is 166 Å². The third-order valence-corrected chi connectivity index (χ3v) is 21.3. The zero-order valence-electron chi connectivity index (χ0n) is 73.4. The Bertz CT molecular complexity index is 3190. The Morgan fingerprint density at radius 1 is 0.360 bits per heavy atom. The van der Waals surface area contributed by atoms with Gasteiger partial charge in [-0.1, -0.05) is 25.7 Å². The van der Waals surface area contributed by atoms with Crippen LogP contribution in [0.5, 0.6) is 0 Å². The van der Waals surface area contributed by atoms with E-state index in [9.17, 15) is 104 Å². The SMILES string of the molecule is CC(=O)N[C@H]1[C@H](OCCCCC(=O)NCCCNC(=O)CCOC[C@H]2O[C@@H](NC(=O)CCCCCCCCC(=O)N3C[C@H](O)C[C@H]3COC(C)(C)C)C[C@@H](OCCC(=O)NCCCNC(=O)CCCCO[C@@H]3O[C@H](CO)[C@H](O)[C@H](O)[C@H]3NC(C)=O)[C@@H]2OCCC(=O)NCCCNC(=O)CCCCO[C@@H]2O[C@H](CO)[C@H](O)[C@H](O)[C@H]2NC(C)=O)O[C@H](CO)[C@H](O)[C@@H]1O. The van der Waals surface area contributed by atoms with Crippen LogP contribution in [0, 0.1) is 0 Å². The number of aliphatic hydroxyl groups is 10. The number of nitrogens with zero attached hydrogens (tertiary/aromatic N) is 1. The Morgan fingerprint density at radius 3 is 1.10 bits per heavy atom. The molecule has 43 heteroatoms. The van der Waals surface area contributed by atoms with Crippen LogP contribution in [0.3, 0.4) is 0 Å². The van der Waals surface area contributed by atoms with Gasteiger partial charge in [-0.15, -0.1) is 0 Å². The highest BCUT2D eigenvalue weighted by Gasteiger charge is 2.49. The monoisotopic (exact) mass is 1800 g/mol. The zero-order valence-corrected chi connectivity index (χ0v) is 73.4. The second-order valence-corrected chi connectivity index (χ2v) is 33.1. The highest BCUT2D eigenvalue weighted by atomic mass is 16.7. The van der Waals surface area contributed by atoms with E-state index in [0.29, 0.717) is 90.1 Å². The Hall–Kier alpha value is -6.67. The Labute approximate surface area is 730 Å². The molecule has 5 aliphatic rings. The van der Waals surface area contributed by atoms with Crippen molar-refractivity contribution in [1.29, 1.82) is 0 Å². The number of carbonyl (C=O) groups excluding carboxylic acids is 11. The largest absolute Gasteiger partial charge is 0.394 e. The maximum atomic E-state index is 13.7. The lowest BCUT2D eigenvalue weighted by atomic mass is 9.97. The van der Waals surface area contributed by atoms with Crippen molar-refractivity contribution in [2.45, 2.75) is 336 Å². The third-order valence-electron chi connectivity index (χ3n) is 21.3. The molecule has 0 radical (unpaired) electrons. The van der Waals surface area contributed by atoms with Gasteiger partial charge in [0.25, 0.3) is 0 Å². The van der Waals surface area contributed by atoms with E-state index in [-0.39, 0.29) is 196 Å². The molecule has 0 saturated carbocycles. The predicted molar refractivity (Wildman–Crippen MR) is 442 cm³/mol. The lowest BCUT2D eigenvalue weighted by molar-refractivity contribution is -0.270. The number of aliphatic hydroxyl groups excluding tert-OH is 10. The first-order valence-corrected chi connectivity index (χ1v) is 44.2. The molecule has 0 aromatic heterocycles. The van der Waals surface area contributed by atoms with Crippen LogP contribution in [0.25, 0.3) is 0 Å². The van der Waals surface area contributed by atoms with Crippen LogP contribution in [0.15, 0.2) is 0 Å². The van der Waals surface area contributed by atoms with E-state index in [1.54, 1.807) is 4.90 Å². The van der Waals surface area contributed by atoms with Gasteiger partial charge >= 0.3 is 0 Å². The molecule has 720 valence electrons. The Balaban J connectivity index is 1.13. The van der Waals surface area contributed by atoms with Crippen LogP contribution in [0.4, 0.5) is 0 Å². The molecular formula is C82H145N11O32. The number of carbonyl (C=O) groups is 11. The fourth-order valence-electron chi connectivity index (χ4n) is 14.6. The summed E-state index contributed by atoms with van der Waals surface area (Å²) in [5.41, 5.74) is -0.384. The molecule has 0 aromatic rings. The van der Waals surface area contributed by atoms with Crippen molar-refractivity contribution in [2.75, 3.05) is 118 Å². The summed E-state index contributed by atoms with van der Waals surface area (Å²) in [6.07, 6.45) is -11.2. The van der Waals surface area contributed by atoms with E-state index in [1.165, 1.54) is 20.8 Å². The quantitative estimate of drug-likeness (QED) is 0.0255. The van der Waals surface area contributed by atoms with Gasteiger partial charge < -0.3 is 161 Å². The first-order valence-electron chi connectivity index (χ1n) is 44.2. The number of hydrogen-bond acceptors (Lipinski definition) is 32. The molecule has 5 saturated heterocycles. The summed E-state index contributed by atoms with van der Waals surface area (Å²) < 4.78 is 65.3. The molecule has 5 heterocycles.